The highest BCUT2D eigenvalue weighted by Gasteiger charge is 2.54. The van der Waals surface area contributed by atoms with Gasteiger partial charge in [-0.3, -0.25) is 9.59 Å². The highest BCUT2D eigenvalue weighted by molar-refractivity contribution is 5.79. The summed E-state index contributed by atoms with van der Waals surface area (Å²) in [5.74, 6) is -0.790. The fourth-order valence-corrected chi connectivity index (χ4v) is 5.16. The zero-order valence-corrected chi connectivity index (χ0v) is 19.2. The van der Waals surface area contributed by atoms with Crippen LogP contribution in [0.2, 0.25) is 0 Å². The Bertz CT molecular complexity index is 1120. The van der Waals surface area contributed by atoms with Crippen molar-refractivity contribution in [2.45, 2.75) is 31.8 Å². The Labute approximate surface area is 196 Å². The summed E-state index contributed by atoms with van der Waals surface area (Å²) in [6.45, 7) is 2.12. The first-order valence-corrected chi connectivity index (χ1v) is 11.2. The van der Waals surface area contributed by atoms with E-state index in [1.165, 1.54) is 14.2 Å². The Balaban J connectivity index is 1.71. The Morgan fingerprint density at radius 3 is 2.29 bits per heavy atom. The number of cyclic esters (lactones) is 1. The van der Waals surface area contributed by atoms with Gasteiger partial charge >= 0.3 is 11.9 Å². The van der Waals surface area contributed by atoms with E-state index in [0.29, 0.717) is 23.5 Å². The topological polar surface area (TPSA) is 110 Å². The molecule has 9 nitrogen and oxygen atoms in total. The summed E-state index contributed by atoms with van der Waals surface area (Å²) in [4.78, 5) is 25.6. The highest BCUT2D eigenvalue weighted by Crippen LogP contribution is 2.56. The zero-order valence-electron chi connectivity index (χ0n) is 19.2. The molecular formula is C25H26O9. The predicted octanol–water partition coefficient (Wildman–Crippen LogP) is 3.46. The van der Waals surface area contributed by atoms with Crippen LogP contribution in [0.3, 0.4) is 0 Å². The minimum absolute atomic E-state index is 0.0823. The van der Waals surface area contributed by atoms with Crippen LogP contribution < -0.4 is 18.9 Å². The number of carbonyl (C=O) groups is 2. The molecule has 0 bridgehead atoms. The van der Waals surface area contributed by atoms with Gasteiger partial charge in [0.25, 0.3) is 0 Å². The molecule has 4 atom stereocenters. The van der Waals surface area contributed by atoms with Crippen molar-refractivity contribution in [1.82, 2.24) is 0 Å². The SMILES string of the molecule is CCCC(=O)O[C@H]1c2cc3c(cc2[C@@H](c2cc(OC)c(O)c(OC)c2)[C@H]2C(=O)OC[C@@H]21)OCO3. The van der Waals surface area contributed by atoms with Crippen LogP contribution in [0.15, 0.2) is 24.3 Å². The van der Waals surface area contributed by atoms with Gasteiger partial charge in [-0.15, -0.1) is 0 Å². The molecule has 0 amide bonds. The molecule has 1 fully saturated rings. The molecule has 1 N–H and O–H groups in total. The zero-order chi connectivity index (χ0) is 24.0. The van der Waals surface area contributed by atoms with Crippen LogP contribution in [-0.2, 0) is 19.1 Å². The number of fused-ring (bicyclic) bond motifs is 3. The summed E-state index contributed by atoms with van der Waals surface area (Å²) in [5.41, 5.74) is 2.19. The van der Waals surface area contributed by atoms with E-state index in [2.05, 4.69) is 0 Å². The minimum Gasteiger partial charge on any atom is -0.502 e. The van der Waals surface area contributed by atoms with Crippen molar-refractivity contribution in [3.8, 4) is 28.7 Å². The number of hydrogen-bond donors (Lipinski definition) is 1. The van der Waals surface area contributed by atoms with Crippen LogP contribution in [0, 0.1) is 11.8 Å². The number of hydrogen-bond acceptors (Lipinski definition) is 9. The van der Waals surface area contributed by atoms with Crippen molar-refractivity contribution < 1.29 is 43.1 Å². The first-order chi connectivity index (χ1) is 16.5. The molecule has 2 heterocycles. The van der Waals surface area contributed by atoms with E-state index in [4.69, 9.17) is 28.4 Å². The van der Waals surface area contributed by atoms with Crippen LogP contribution in [-0.4, -0.2) is 44.7 Å². The fourth-order valence-electron chi connectivity index (χ4n) is 5.16. The van der Waals surface area contributed by atoms with E-state index >= 15 is 0 Å². The number of benzene rings is 2. The van der Waals surface area contributed by atoms with Crippen molar-refractivity contribution in [2.24, 2.45) is 11.8 Å². The van der Waals surface area contributed by atoms with Crippen LogP contribution in [0.1, 0.15) is 48.5 Å². The maximum atomic E-state index is 13.0. The molecule has 0 spiro atoms. The standard InChI is InChI=1S/C25H26O9/c1-4-5-20(26)34-24-14-9-17-16(32-11-33-17)8-13(14)21(22-15(24)10-31-25(22)28)12-6-18(29-2)23(27)19(7-12)30-3/h6-9,15,21-22,24,27H,4-5,10-11H2,1-3H3/t15-,21+,22-,24-/m0/s1. The second kappa shape index (κ2) is 8.62. The van der Waals surface area contributed by atoms with E-state index in [0.717, 1.165) is 11.1 Å². The molecular weight excluding hydrogens is 444 g/mol. The van der Waals surface area contributed by atoms with Crippen molar-refractivity contribution in [1.29, 1.82) is 0 Å². The van der Waals surface area contributed by atoms with Crippen LogP contribution >= 0.6 is 0 Å². The monoisotopic (exact) mass is 470 g/mol. The van der Waals surface area contributed by atoms with Crippen molar-refractivity contribution in [3.05, 3.63) is 41.0 Å². The normalized spacial score (nSPS) is 24.1. The maximum absolute atomic E-state index is 13.0. The second-order valence-electron chi connectivity index (χ2n) is 8.57. The molecule has 1 aliphatic carbocycles. The quantitative estimate of drug-likeness (QED) is 0.635. The largest absolute Gasteiger partial charge is 0.502 e. The van der Waals surface area contributed by atoms with E-state index in [1.54, 1.807) is 12.1 Å². The van der Waals surface area contributed by atoms with Gasteiger partial charge in [-0.05, 0) is 41.8 Å². The smallest absolute Gasteiger partial charge is 0.310 e. The van der Waals surface area contributed by atoms with Gasteiger partial charge in [0.2, 0.25) is 12.5 Å². The van der Waals surface area contributed by atoms with Crippen LogP contribution in [0.4, 0.5) is 0 Å². The molecule has 34 heavy (non-hydrogen) atoms. The number of rotatable bonds is 6. The summed E-state index contributed by atoms with van der Waals surface area (Å²) in [6.07, 6.45) is 0.258. The Morgan fingerprint density at radius 2 is 1.68 bits per heavy atom. The van der Waals surface area contributed by atoms with Gasteiger partial charge in [0.05, 0.1) is 26.7 Å². The number of carbonyl (C=O) groups excluding carboxylic acids is 2. The molecule has 0 unspecified atom stereocenters. The summed E-state index contributed by atoms with van der Waals surface area (Å²) in [5, 5.41) is 10.4. The van der Waals surface area contributed by atoms with Crippen molar-refractivity contribution in [2.75, 3.05) is 27.6 Å². The molecule has 5 rings (SSSR count). The van der Waals surface area contributed by atoms with E-state index in [1.807, 2.05) is 19.1 Å². The number of methoxy groups -OCH3 is 2. The summed E-state index contributed by atoms with van der Waals surface area (Å²) >= 11 is 0. The molecule has 2 aromatic carbocycles. The van der Waals surface area contributed by atoms with Gasteiger partial charge in [0.15, 0.2) is 23.0 Å². The second-order valence-corrected chi connectivity index (χ2v) is 8.57. The lowest BCUT2D eigenvalue weighted by atomic mass is 9.66. The number of phenols is 1. The molecule has 0 radical (unpaired) electrons. The van der Waals surface area contributed by atoms with E-state index in [-0.39, 0.29) is 49.0 Å². The Morgan fingerprint density at radius 1 is 1.03 bits per heavy atom. The van der Waals surface area contributed by atoms with Crippen LogP contribution in [0.5, 0.6) is 28.7 Å². The maximum Gasteiger partial charge on any atom is 0.310 e. The summed E-state index contributed by atoms with van der Waals surface area (Å²) in [6, 6.07) is 7.02. The third-order valence-electron chi connectivity index (χ3n) is 6.69. The molecule has 0 aromatic heterocycles. The van der Waals surface area contributed by atoms with Gasteiger partial charge in [-0.2, -0.15) is 0 Å². The number of aromatic hydroxyl groups is 1. The van der Waals surface area contributed by atoms with Crippen LogP contribution in [0.25, 0.3) is 0 Å². The number of esters is 2. The highest BCUT2D eigenvalue weighted by atomic mass is 16.7. The molecule has 0 saturated carbocycles. The van der Waals surface area contributed by atoms with Gasteiger partial charge in [0.1, 0.15) is 6.10 Å². The number of ether oxygens (including phenoxy) is 6. The van der Waals surface area contributed by atoms with E-state index in [9.17, 15) is 14.7 Å². The Hall–Kier alpha value is -3.62. The predicted molar refractivity (Wildman–Crippen MR) is 117 cm³/mol. The molecule has 9 heteroatoms. The molecule has 2 aromatic rings. The van der Waals surface area contributed by atoms with Crippen molar-refractivity contribution in [3.63, 3.8) is 0 Å². The molecule has 1 saturated heterocycles. The van der Waals surface area contributed by atoms with Gasteiger partial charge in [-0.1, -0.05) is 6.92 Å². The fraction of sp³-hybridized carbons (Fsp3) is 0.440. The third kappa shape index (κ3) is 3.46. The molecule has 3 aliphatic rings. The summed E-state index contributed by atoms with van der Waals surface area (Å²) < 4.78 is 33.3. The van der Waals surface area contributed by atoms with Gasteiger partial charge in [0, 0.05) is 23.8 Å². The number of phenolic OH excluding ortho intramolecular Hbond substituents is 1. The molecule has 2 aliphatic heterocycles. The third-order valence-corrected chi connectivity index (χ3v) is 6.69. The lowest BCUT2D eigenvalue weighted by molar-refractivity contribution is -0.154. The van der Waals surface area contributed by atoms with Crippen molar-refractivity contribution >= 4 is 11.9 Å². The first kappa shape index (κ1) is 22.2. The average molecular weight is 470 g/mol. The lowest BCUT2D eigenvalue weighted by Gasteiger charge is -2.38. The molecule has 180 valence electrons. The summed E-state index contributed by atoms with van der Waals surface area (Å²) in [7, 11) is 2.89. The average Bonchev–Trinajstić information content (AvgIpc) is 3.45. The lowest BCUT2D eigenvalue weighted by Crippen LogP contribution is -2.36. The Kier molecular flexibility index (Phi) is 5.63. The first-order valence-electron chi connectivity index (χ1n) is 11.2. The minimum atomic E-state index is -0.669. The van der Waals surface area contributed by atoms with Gasteiger partial charge < -0.3 is 33.5 Å². The van der Waals surface area contributed by atoms with Gasteiger partial charge in [-0.25, -0.2) is 0 Å². The van der Waals surface area contributed by atoms with E-state index < -0.39 is 23.9 Å².